The number of allylic oxidation sites excluding steroid dienone is 1. The molecule has 0 saturated heterocycles. The van der Waals surface area contributed by atoms with E-state index >= 15 is 0 Å². The molecule has 2 aromatic rings. The van der Waals surface area contributed by atoms with E-state index in [1.54, 1.807) is 0 Å². The lowest BCUT2D eigenvalue weighted by molar-refractivity contribution is -0.128. The zero-order chi connectivity index (χ0) is 14.6. The first-order valence-electron chi connectivity index (χ1n) is 6.04. The SMILES string of the molecule is O=C(/C=C/NCCc1c[nH]c2ccccc12)C(F)(F)Cl. The topological polar surface area (TPSA) is 44.9 Å². The Hall–Kier alpha value is -1.88. The van der Waals surface area contributed by atoms with Gasteiger partial charge < -0.3 is 10.3 Å². The molecule has 0 spiro atoms. The van der Waals surface area contributed by atoms with Gasteiger partial charge in [0.25, 0.3) is 0 Å². The number of hydrogen-bond donors (Lipinski definition) is 2. The van der Waals surface area contributed by atoms with Gasteiger partial charge in [-0.15, -0.1) is 0 Å². The van der Waals surface area contributed by atoms with Crippen LogP contribution in [-0.2, 0) is 11.2 Å². The number of ketones is 1. The van der Waals surface area contributed by atoms with E-state index in [2.05, 4.69) is 21.9 Å². The van der Waals surface area contributed by atoms with Crippen molar-refractivity contribution in [2.75, 3.05) is 6.54 Å². The zero-order valence-corrected chi connectivity index (χ0v) is 11.3. The van der Waals surface area contributed by atoms with E-state index in [1.165, 1.54) is 6.20 Å². The van der Waals surface area contributed by atoms with Crippen LogP contribution in [0.3, 0.4) is 0 Å². The van der Waals surface area contributed by atoms with Gasteiger partial charge in [0.15, 0.2) is 0 Å². The van der Waals surface area contributed by atoms with Crippen molar-refractivity contribution in [3.05, 3.63) is 48.3 Å². The molecule has 1 aromatic carbocycles. The van der Waals surface area contributed by atoms with Crippen LogP contribution >= 0.6 is 11.6 Å². The molecule has 0 bridgehead atoms. The van der Waals surface area contributed by atoms with Crippen molar-refractivity contribution < 1.29 is 13.6 Å². The first-order chi connectivity index (χ1) is 9.48. The van der Waals surface area contributed by atoms with Gasteiger partial charge >= 0.3 is 5.38 Å². The molecule has 106 valence electrons. The standard InChI is InChI=1S/C14H13ClF2N2O/c15-14(16,17)13(20)6-8-18-7-5-10-9-19-12-4-2-1-3-11(10)12/h1-4,6,8-9,18-19H,5,7H2/b8-6+. The number of benzene rings is 1. The van der Waals surface area contributed by atoms with Crippen LogP contribution in [0.2, 0.25) is 0 Å². The second-order valence-electron chi connectivity index (χ2n) is 4.26. The molecule has 0 saturated carbocycles. The van der Waals surface area contributed by atoms with Gasteiger partial charge in [0, 0.05) is 35.9 Å². The summed E-state index contributed by atoms with van der Waals surface area (Å²) in [6, 6.07) is 7.89. The number of aromatic nitrogens is 1. The lowest BCUT2D eigenvalue weighted by Gasteiger charge is -2.02. The first kappa shape index (κ1) is 14.5. The van der Waals surface area contributed by atoms with Crippen LogP contribution in [0.25, 0.3) is 10.9 Å². The fourth-order valence-electron chi connectivity index (χ4n) is 1.86. The molecule has 1 heterocycles. The minimum Gasteiger partial charge on any atom is -0.390 e. The molecule has 0 radical (unpaired) electrons. The van der Waals surface area contributed by atoms with Crippen LogP contribution in [-0.4, -0.2) is 22.7 Å². The molecule has 0 atom stereocenters. The second kappa shape index (κ2) is 6.05. The smallest absolute Gasteiger partial charge is 0.384 e. The predicted octanol–water partition coefficient (Wildman–Crippen LogP) is 3.21. The Labute approximate surface area is 119 Å². The van der Waals surface area contributed by atoms with Gasteiger partial charge in [-0.05, 0) is 29.7 Å². The Kier molecular flexibility index (Phi) is 4.39. The Morgan fingerprint density at radius 3 is 2.90 bits per heavy atom. The van der Waals surface area contributed by atoms with Crippen LogP contribution in [0.5, 0.6) is 0 Å². The van der Waals surface area contributed by atoms with Crippen LogP contribution in [0, 0.1) is 0 Å². The number of nitrogens with one attached hydrogen (secondary N) is 2. The highest BCUT2D eigenvalue weighted by Crippen LogP contribution is 2.20. The van der Waals surface area contributed by atoms with Crippen LogP contribution < -0.4 is 5.32 Å². The molecule has 2 rings (SSSR count). The molecule has 0 unspecified atom stereocenters. The Bertz CT molecular complexity index is 631. The molecular formula is C14H13ClF2N2O. The molecule has 20 heavy (non-hydrogen) atoms. The summed E-state index contributed by atoms with van der Waals surface area (Å²) in [6.45, 7) is 0.527. The maximum Gasteiger partial charge on any atom is 0.384 e. The Balaban J connectivity index is 1.85. The monoisotopic (exact) mass is 298 g/mol. The summed E-state index contributed by atoms with van der Waals surface area (Å²) in [4.78, 5) is 14.0. The van der Waals surface area contributed by atoms with Crippen LogP contribution in [0.1, 0.15) is 5.56 Å². The number of rotatable bonds is 6. The molecule has 0 aliphatic carbocycles. The number of halogens is 3. The summed E-state index contributed by atoms with van der Waals surface area (Å²) in [5.74, 6) is -1.43. The summed E-state index contributed by atoms with van der Waals surface area (Å²) < 4.78 is 24.7. The van der Waals surface area contributed by atoms with Gasteiger partial charge in [-0.25, -0.2) is 0 Å². The predicted molar refractivity (Wildman–Crippen MR) is 75.0 cm³/mol. The quantitative estimate of drug-likeness (QED) is 0.489. The van der Waals surface area contributed by atoms with E-state index in [0.717, 1.165) is 22.5 Å². The largest absolute Gasteiger partial charge is 0.390 e. The number of aromatic amines is 1. The van der Waals surface area contributed by atoms with Crippen molar-refractivity contribution in [3.63, 3.8) is 0 Å². The van der Waals surface area contributed by atoms with Crippen LogP contribution in [0.15, 0.2) is 42.7 Å². The second-order valence-corrected chi connectivity index (χ2v) is 4.73. The molecule has 2 N–H and O–H groups in total. The van der Waals surface area contributed by atoms with Crippen molar-refractivity contribution in [2.24, 2.45) is 0 Å². The van der Waals surface area contributed by atoms with Gasteiger partial charge in [-0.2, -0.15) is 8.78 Å². The number of para-hydroxylation sites is 1. The normalized spacial score (nSPS) is 12.2. The maximum absolute atomic E-state index is 12.4. The third-order valence-corrected chi connectivity index (χ3v) is 3.03. The third kappa shape index (κ3) is 3.57. The molecular weight excluding hydrogens is 286 g/mol. The minimum absolute atomic E-state index is 0.527. The zero-order valence-electron chi connectivity index (χ0n) is 10.5. The lowest BCUT2D eigenvalue weighted by atomic mass is 10.1. The van der Waals surface area contributed by atoms with E-state index in [0.29, 0.717) is 13.0 Å². The minimum atomic E-state index is -3.84. The fraction of sp³-hybridized carbons (Fsp3) is 0.214. The molecule has 0 aliphatic rings. The highest BCUT2D eigenvalue weighted by Gasteiger charge is 2.33. The van der Waals surface area contributed by atoms with Crippen molar-refractivity contribution in [1.29, 1.82) is 0 Å². The summed E-state index contributed by atoms with van der Waals surface area (Å²) in [6.07, 6.45) is 4.55. The van der Waals surface area contributed by atoms with Crippen molar-refractivity contribution in [3.8, 4) is 0 Å². The summed E-state index contributed by atoms with van der Waals surface area (Å²) >= 11 is 4.58. The summed E-state index contributed by atoms with van der Waals surface area (Å²) in [5.41, 5.74) is 2.17. The number of fused-ring (bicyclic) bond motifs is 1. The van der Waals surface area contributed by atoms with Gasteiger partial charge in [0.05, 0.1) is 0 Å². The number of hydrogen-bond acceptors (Lipinski definition) is 2. The Morgan fingerprint density at radius 2 is 2.15 bits per heavy atom. The molecule has 0 fully saturated rings. The van der Waals surface area contributed by atoms with E-state index < -0.39 is 11.2 Å². The first-order valence-corrected chi connectivity index (χ1v) is 6.42. The van der Waals surface area contributed by atoms with E-state index in [9.17, 15) is 13.6 Å². The Morgan fingerprint density at radius 1 is 1.40 bits per heavy atom. The van der Waals surface area contributed by atoms with E-state index in [1.807, 2.05) is 30.5 Å². The summed E-state index contributed by atoms with van der Waals surface area (Å²) in [5, 5.41) is 0.0724. The highest BCUT2D eigenvalue weighted by atomic mass is 35.5. The molecule has 0 aliphatic heterocycles. The fourth-order valence-corrected chi connectivity index (χ4v) is 1.92. The molecule has 6 heteroatoms. The summed E-state index contributed by atoms with van der Waals surface area (Å²) in [7, 11) is 0. The maximum atomic E-state index is 12.4. The van der Waals surface area contributed by atoms with Gasteiger partial charge in [-0.3, -0.25) is 4.79 Å². The average Bonchev–Trinajstić information content (AvgIpc) is 2.80. The molecule has 3 nitrogen and oxygen atoms in total. The van der Waals surface area contributed by atoms with Crippen molar-refractivity contribution >= 4 is 28.3 Å². The average molecular weight is 299 g/mol. The van der Waals surface area contributed by atoms with E-state index in [4.69, 9.17) is 0 Å². The number of H-pyrrole nitrogens is 1. The number of alkyl halides is 3. The third-order valence-electron chi connectivity index (χ3n) is 2.85. The highest BCUT2D eigenvalue weighted by molar-refractivity contribution is 6.34. The van der Waals surface area contributed by atoms with Crippen molar-refractivity contribution in [1.82, 2.24) is 10.3 Å². The molecule has 0 amide bonds. The number of carbonyl (C=O) groups is 1. The van der Waals surface area contributed by atoms with Gasteiger partial charge in [-0.1, -0.05) is 18.2 Å². The molecule has 1 aromatic heterocycles. The van der Waals surface area contributed by atoms with Gasteiger partial charge in [0.2, 0.25) is 5.78 Å². The van der Waals surface area contributed by atoms with Crippen LogP contribution in [0.4, 0.5) is 8.78 Å². The van der Waals surface area contributed by atoms with E-state index in [-0.39, 0.29) is 0 Å². The lowest BCUT2D eigenvalue weighted by Crippen LogP contribution is -2.20. The van der Waals surface area contributed by atoms with Crippen molar-refractivity contribution in [2.45, 2.75) is 11.8 Å². The number of carbonyl (C=O) groups excluding carboxylic acids is 1. The van der Waals surface area contributed by atoms with Gasteiger partial charge in [0.1, 0.15) is 0 Å².